The second kappa shape index (κ2) is 6.00. The van der Waals surface area contributed by atoms with Crippen LogP contribution in [0, 0.1) is 11.8 Å². The van der Waals surface area contributed by atoms with Gasteiger partial charge < -0.3 is 11.1 Å². The molecule has 0 amide bonds. The Hall–Kier alpha value is -0.290. The summed E-state index contributed by atoms with van der Waals surface area (Å²) >= 11 is 0. The lowest BCUT2D eigenvalue weighted by Crippen LogP contribution is -2.56. The van der Waals surface area contributed by atoms with Gasteiger partial charge in [-0.1, -0.05) is 25.7 Å². The molecule has 5 heteroatoms. The van der Waals surface area contributed by atoms with Crippen molar-refractivity contribution in [3.05, 3.63) is 0 Å². The SMILES string of the molecule is NCC1(NCCC2CCC2)CCCC(C(F)(F)F)C1. The summed E-state index contributed by atoms with van der Waals surface area (Å²) in [6, 6.07) is 0. The van der Waals surface area contributed by atoms with E-state index in [9.17, 15) is 13.2 Å². The van der Waals surface area contributed by atoms with Crippen LogP contribution in [0.25, 0.3) is 0 Å². The Morgan fingerprint density at radius 2 is 1.89 bits per heavy atom. The van der Waals surface area contributed by atoms with Crippen molar-refractivity contribution in [2.24, 2.45) is 17.6 Å². The normalized spacial score (nSPS) is 33.2. The molecule has 112 valence electrons. The molecule has 0 aromatic heterocycles. The van der Waals surface area contributed by atoms with E-state index < -0.39 is 17.6 Å². The average molecular weight is 278 g/mol. The van der Waals surface area contributed by atoms with Gasteiger partial charge in [-0.25, -0.2) is 0 Å². The molecule has 0 aromatic carbocycles. The molecule has 2 fully saturated rings. The minimum absolute atomic E-state index is 0.150. The molecule has 0 bridgehead atoms. The summed E-state index contributed by atoms with van der Waals surface area (Å²) in [6.07, 6.45) is 2.69. The van der Waals surface area contributed by atoms with E-state index in [2.05, 4.69) is 5.32 Å². The van der Waals surface area contributed by atoms with Gasteiger partial charge in [0, 0.05) is 12.1 Å². The van der Waals surface area contributed by atoms with E-state index in [4.69, 9.17) is 5.73 Å². The predicted octanol–water partition coefficient (Wildman–Crippen LogP) is 3.22. The molecule has 0 aromatic rings. The van der Waals surface area contributed by atoms with E-state index in [0.29, 0.717) is 13.0 Å². The van der Waals surface area contributed by atoms with Crippen molar-refractivity contribution >= 4 is 0 Å². The topological polar surface area (TPSA) is 38.0 Å². The fourth-order valence-corrected chi connectivity index (χ4v) is 3.38. The molecule has 0 heterocycles. The van der Waals surface area contributed by atoms with Crippen LogP contribution < -0.4 is 11.1 Å². The standard InChI is InChI=1S/C14H25F3N2/c15-14(16,17)12-5-2-7-13(9-12,10-18)19-8-6-11-3-1-4-11/h11-12,19H,1-10,18H2. The largest absolute Gasteiger partial charge is 0.391 e. The zero-order valence-corrected chi connectivity index (χ0v) is 11.4. The summed E-state index contributed by atoms with van der Waals surface area (Å²) in [4.78, 5) is 0. The number of nitrogens with two attached hydrogens (primary N) is 1. The van der Waals surface area contributed by atoms with E-state index in [1.807, 2.05) is 0 Å². The Morgan fingerprint density at radius 3 is 2.42 bits per heavy atom. The number of nitrogens with one attached hydrogen (secondary N) is 1. The van der Waals surface area contributed by atoms with Crippen LogP contribution in [0.5, 0.6) is 0 Å². The molecule has 3 N–H and O–H groups in total. The van der Waals surface area contributed by atoms with Crippen molar-refractivity contribution < 1.29 is 13.2 Å². The highest BCUT2D eigenvalue weighted by Gasteiger charge is 2.46. The third-order valence-electron chi connectivity index (χ3n) is 4.98. The first kappa shape index (κ1) is 15.1. The molecular weight excluding hydrogens is 253 g/mol. The first-order chi connectivity index (χ1) is 8.95. The minimum atomic E-state index is -4.07. The van der Waals surface area contributed by atoms with Crippen molar-refractivity contribution in [1.29, 1.82) is 0 Å². The molecule has 2 rings (SSSR count). The second-order valence-electron chi connectivity index (χ2n) is 6.33. The molecule has 0 aliphatic heterocycles. The number of halogens is 3. The molecule has 0 saturated heterocycles. The van der Waals surface area contributed by atoms with Crippen molar-refractivity contribution in [3.8, 4) is 0 Å². The van der Waals surface area contributed by atoms with Gasteiger partial charge in [0.2, 0.25) is 0 Å². The first-order valence-electron chi connectivity index (χ1n) is 7.47. The molecule has 0 radical (unpaired) electrons. The Labute approximate surface area is 113 Å². The van der Waals surface area contributed by atoms with Gasteiger partial charge in [-0.2, -0.15) is 13.2 Å². The lowest BCUT2D eigenvalue weighted by atomic mass is 9.75. The highest BCUT2D eigenvalue weighted by molar-refractivity contribution is 4.96. The van der Waals surface area contributed by atoms with Crippen molar-refractivity contribution in [1.82, 2.24) is 5.32 Å². The number of alkyl halides is 3. The van der Waals surface area contributed by atoms with Crippen molar-refractivity contribution in [2.45, 2.75) is 63.1 Å². The smallest absolute Gasteiger partial charge is 0.329 e. The van der Waals surface area contributed by atoms with Crippen LogP contribution in [0.4, 0.5) is 13.2 Å². The third-order valence-corrected chi connectivity index (χ3v) is 4.98. The summed E-state index contributed by atoms with van der Waals surface area (Å²) in [5, 5.41) is 3.36. The maximum Gasteiger partial charge on any atom is 0.391 e. The number of hydrogen-bond donors (Lipinski definition) is 2. The monoisotopic (exact) mass is 278 g/mol. The highest BCUT2D eigenvalue weighted by atomic mass is 19.4. The van der Waals surface area contributed by atoms with Gasteiger partial charge in [-0.3, -0.25) is 0 Å². The van der Waals surface area contributed by atoms with E-state index >= 15 is 0 Å². The molecule has 2 aliphatic carbocycles. The van der Waals surface area contributed by atoms with Crippen molar-refractivity contribution in [3.63, 3.8) is 0 Å². The van der Waals surface area contributed by atoms with E-state index in [1.54, 1.807) is 0 Å². The van der Waals surface area contributed by atoms with Gasteiger partial charge >= 0.3 is 6.18 Å². The van der Waals surface area contributed by atoms with Gasteiger partial charge in [0.15, 0.2) is 0 Å². The summed E-state index contributed by atoms with van der Waals surface area (Å²) in [5.41, 5.74) is 5.29. The Kier molecular flexibility index (Phi) is 4.77. The molecule has 2 nitrogen and oxygen atoms in total. The fraction of sp³-hybridized carbons (Fsp3) is 1.00. The average Bonchev–Trinajstić information content (AvgIpc) is 2.32. The van der Waals surface area contributed by atoms with E-state index in [-0.39, 0.29) is 12.8 Å². The Morgan fingerprint density at radius 1 is 1.16 bits per heavy atom. The number of rotatable bonds is 5. The molecule has 2 unspecified atom stereocenters. The lowest BCUT2D eigenvalue weighted by molar-refractivity contribution is -0.188. The molecule has 2 atom stereocenters. The van der Waals surface area contributed by atoms with Gasteiger partial charge in [0.25, 0.3) is 0 Å². The van der Waals surface area contributed by atoms with Crippen LogP contribution in [0.15, 0.2) is 0 Å². The van der Waals surface area contributed by atoms with Crippen LogP contribution >= 0.6 is 0 Å². The van der Waals surface area contributed by atoms with Gasteiger partial charge in [-0.15, -0.1) is 0 Å². The number of hydrogen-bond acceptors (Lipinski definition) is 2. The summed E-state index contributed by atoms with van der Waals surface area (Å²) in [6.45, 7) is 1.12. The summed E-state index contributed by atoms with van der Waals surface area (Å²) in [7, 11) is 0. The van der Waals surface area contributed by atoms with Crippen LogP contribution in [-0.2, 0) is 0 Å². The van der Waals surface area contributed by atoms with Crippen LogP contribution in [-0.4, -0.2) is 24.8 Å². The predicted molar refractivity (Wildman–Crippen MR) is 69.8 cm³/mol. The molecule has 0 spiro atoms. The third kappa shape index (κ3) is 3.85. The highest BCUT2D eigenvalue weighted by Crippen LogP contribution is 2.41. The summed E-state index contributed by atoms with van der Waals surface area (Å²) < 4.78 is 38.6. The molecule has 2 aliphatic rings. The van der Waals surface area contributed by atoms with Crippen LogP contribution in [0.1, 0.15) is 51.4 Å². The molecular formula is C14H25F3N2. The zero-order chi connectivity index (χ0) is 13.9. The van der Waals surface area contributed by atoms with Gasteiger partial charge in [0.1, 0.15) is 0 Å². The Balaban J connectivity index is 1.85. The minimum Gasteiger partial charge on any atom is -0.329 e. The lowest BCUT2D eigenvalue weighted by Gasteiger charge is -2.42. The van der Waals surface area contributed by atoms with E-state index in [1.165, 1.54) is 19.3 Å². The van der Waals surface area contributed by atoms with Gasteiger partial charge in [-0.05, 0) is 38.1 Å². The van der Waals surface area contributed by atoms with E-state index in [0.717, 1.165) is 25.3 Å². The summed E-state index contributed by atoms with van der Waals surface area (Å²) in [5.74, 6) is -0.398. The molecule has 2 saturated carbocycles. The van der Waals surface area contributed by atoms with Crippen molar-refractivity contribution in [2.75, 3.05) is 13.1 Å². The quantitative estimate of drug-likeness (QED) is 0.810. The van der Waals surface area contributed by atoms with Crippen LogP contribution in [0.2, 0.25) is 0 Å². The maximum atomic E-state index is 12.9. The molecule has 19 heavy (non-hydrogen) atoms. The zero-order valence-electron chi connectivity index (χ0n) is 11.4. The maximum absolute atomic E-state index is 12.9. The first-order valence-corrected chi connectivity index (χ1v) is 7.47. The fourth-order valence-electron chi connectivity index (χ4n) is 3.38. The second-order valence-corrected chi connectivity index (χ2v) is 6.33. The van der Waals surface area contributed by atoms with Gasteiger partial charge in [0.05, 0.1) is 5.92 Å². The Bertz CT molecular complexity index is 289. The van der Waals surface area contributed by atoms with Crippen LogP contribution in [0.3, 0.4) is 0 Å².